The van der Waals surface area contributed by atoms with Crippen molar-refractivity contribution in [2.75, 3.05) is 26.3 Å². The van der Waals surface area contributed by atoms with Gasteiger partial charge in [-0.25, -0.2) is 4.39 Å². The van der Waals surface area contributed by atoms with Crippen LogP contribution in [-0.2, 0) is 4.74 Å². The lowest BCUT2D eigenvalue weighted by Gasteiger charge is -2.26. The normalized spacial score (nSPS) is 23.0. The zero-order valence-corrected chi connectivity index (χ0v) is 15.4. The first-order chi connectivity index (χ1) is 11.0. The van der Waals surface area contributed by atoms with E-state index in [0.717, 1.165) is 16.0 Å². The van der Waals surface area contributed by atoms with E-state index in [4.69, 9.17) is 9.47 Å². The molecule has 0 aliphatic carbocycles. The number of ether oxygens (including phenoxy) is 2. The van der Waals surface area contributed by atoms with Gasteiger partial charge in [-0.3, -0.25) is 0 Å². The third-order valence-electron chi connectivity index (χ3n) is 4.08. The van der Waals surface area contributed by atoms with Gasteiger partial charge in [-0.1, -0.05) is 0 Å². The van der Waals surface area contributed by atoms with E-state index in [1.165, 1.54) is 18.0 Å². The zero-order chi connectivity index (χ0) is 16.6. The van der Waals surface area contributed by atoms with Crippen molar-refractivity contribution in [2.45, 2.75) is 20.3 Å². The number of rotatable bonds is 2. The van der Waals surface area contributed by atoms with Gasteiger partial charge in [0.15, 0.2) is 0 Å². The Morgan fingerprint density at radius 2 is 2.26 bits per heavy atom. The lowest BCUT2D eigenvalue weighted by atomic mass is 10.0. The Morgan fingerprint density at radius 1 is 1.48 bits per heavy atom. The Hall–Kier alpha value is -1.05. The quantitative estimate of drug-likeness (QED) is 0.528. The number of halogens is 2. The number of hydrogen-bond acceptors (Lipinski definition) is 4. The summed E-state index contributed by atoms with van der Waals surface area (Å²) in [4.78, 5) is 13.6. The third kappa shape index (κ3) is 2.90. The molecule has 0 spiro atoms. The molecular formula is C16H18BrFNO3S+. The van der Waals surface area contributed by atoms with E-state index < -0.39 is 0 Å². The van der Waals surface area contributed by atoms with E-state index in [1.54, 1.807) is 6.07 Å². The Labute approximate surface area is 147 Å². The fourth-order valence-corrected chi connectivity index (χ4v) is 4.53. The van der Waals surface area contributed by atoms with Crippen LogP contribution in [0.3, 0.4) is 0 Å². The molecule has 7 heteroatoms. The van der Waals surface area contributed by atoms with Crippen molar-refractivity contribution in [1.82, 2.24) is 0 Å². The highest BCUT2D eigenvalue weighted by atomic mass is 79.9. The Morgan fingerprint density at radius 3 is 2.96 bits per heavy atom. The van der Waals surface area contributed by atoms with Gasteiger partial charge < -0.3 is 9.47 Å². The van der Waals surface area contributed by atoms with E-state index in [2.05, 4.69) is 15.9 Å². The molecule has 1 atom stereocenters. The van der Waals surface area contributed by atoms with Crippen molar-refractivity contribution in [2.24, 2.45) is 0 Å². The summed E-state index contributed by atoms with van der Waals surface area (Å²) in [7, 11) is 0. The standard InChI is InChI=1S/C16H18BrFNO3S/c1-3-19(16(20)21-4-2)9-11-10-7-12(17)13(18)8-14(10)22-6-5-15(11)23-19/h7-8H,3-6,9H2,1-2H3/q+1. The molecule has 0 fully saturated rings. The van der Waals surface area contributed by atoms with Gasteiger partial charge in [0.2, 0.25) is 0 Å². The van der Waals surface area contributed by atoms with Crippen LogP contribution in [-0.4, -0.2) is 36.3 Å². The van der Waals surface area contributed by atoms with Crippen LogP contribution in [0, 0.1) is 5.82 Å². The summed E-state index contributed by atoms with van der Waals surface area (Å²) in [5.74, 6) is 0.191. The number of fused-ring (bicyclic) bond motifs is 2. The summed E-state index contributed by atoms with van der Waals surface area (Å²) in [5.41, 5.74) is 1.91. The lowest BCUT2D eigenvalue weighted by molar-refractivity contribution is -0.705. The topological polar surface area (TPSA) is 35.5 Å². The number of carbonyl (C=O) groups is 1. The third-order valence-corrected chi connectivity index (χ3v) is 6.25. The number of nitrogens with zero attached hydrogens (tertiary/aromatic N) is 1. The average molecular weight is 403 g/mol. The molecule has 0 aromatic heterocycles. The van der Waals surface area contributed by atoms with Gasteiger partial charge in [-0.2, -0.15) is 8.68 Å². The highest BCUT2D eigenvalue weighted by Crippen LogP contribution is 2.50. The molecule has 0 saturated carbocycles. The van der Waals surface area contributed by atoms with E-state index >= 15 is 0 Å². The van der Waals surface area contributed by atoms with Gasteiger partial charge in [-0.15, -0.1) is 0 Å². The van der Waals surface area contributed by atoms with Crippen LogP contribution in [0.15, 0.2) is 21.5 Å². The monoisotopic (exact) mass is 402 g/mol. The van der Waals surface area contributed by atoms with Crippen LogP contribution in [0.4, 0.5) is 9.18 Å². The molecule has 1 unspecified atom stereocenters. The highest BCUT2D eigenvalue weighted by Gasteiger charge is 2.48. The molecule has 2 aliphatic rings. The molecule has 2 heterocycles. The minimum Gasteiger partial charge on any atom is -0.492 e. The van der Waals surface area contributed by atoms with Crippen molar-refractivity contribution in [3.63, 3.8) is 0 Å². The molecule has 23 heavy (non-hydrogen) atoms. The summed E-state index contributed by atoms with van der Waals surface area (Å²) in [6, 6.07) is 3.15. The van der Waals surface area contributed by atoms with Crippen LogP contribution < -0.4 is 4.74 Å². The predicted molar refractivity (Wildman–Crippen MR) is 91.4 cm³/mol. The minimum absolute atomic E-state index is 0.187. The van der Waals surface area contributed by atoms with Gasteiger partial charge in [0, 0.05) is 23.6 Å². The summed E-state index contributed by atoms with van der Waals surface area (Å²) >= 11 is 4.77. The smallest absolute Gasteiger partial charge is 0.492 e. The maximum atomic E-state index is 13.8. The molecule has 1 aromatic carbocycles. The molecule has 1 amide bonds. The molecule has 4 nitrogen and oxygen atoms in total. The summed E-state index contributed by atoms with van der Waals surface area (Å²) in [6.45, 7) is 5.80. The van der Waals surface area contributed by atoms with Gasteiger partial charge >= 0.3 is 6.09 Å². The molecule has 124 valence electrons. The SMILES string of the molecule is CCOC(=O)[N+]1(CC)CC2=C(CCOc3cc(F)c(Br)cc32)S1. The van der Waals surface area contributed by atoms with E-state index in [1.807, 2.05) is 13.8 Å². The predicted octanol–water partition coefficient (Wildman–Crippen LogP) is 4.74. The second-order valence-electron chi connectivity index (χ2n) is 5.42. The summed E-state index contributed by atoms with van der Waals surface area (Å²) < 4.78 is 25.4. The van der Waals surface area contributed by atoms with E-state index in [0.29, 0.717) is 42.9 Å². The van der Waals surface area contributed by atoms with Crippen molar-refractivity contribution >= 4 is 39.5 Å². The molecule has 2 aliphatic heterocycles. The minimum atomic E-state index is -0.347. The number of quaternary nitrogens is 1. The second-order valence-corrected chi connectivity index (χ2v) is 7.65. The molecular weight excluding hydrogens is 385 g/mol. The van der Waals surface area contributed by atoms with Gasteiger partial charge in [0.1, 0.15) is 30.1 Å². The number of benzene rings is 1. The first kappa shape index (κ1) is 16.8. The number of carbonyl (C=O) groups excluding carboxylic acids is 1. The molecule has 3 rings (SSSR count). The Kier molecular flexibility index (Phi) is 4.71. The molecule has 0 bridgehead atoms. The molecule has 0 saturated heterocycles. The first-order valence-corrected chi connectivity index (χ1v) is 9.15. The Bertz CT molecular complexity index is 694. The van der Waals surface area contributed by atoms with Crippen molar-refractivity contribution in [3.05, 3.63) is 32.9 Å². The van der Waals surface area contributed by atoms with Gasteiger partial charge in [0.25, 0.3) is 0 Å². The van der Waals surface area contributed by atoms with Crippen molar-refractivity contribution < 1.29 is 22.5 Å². The second kappa shape index (κ2) is 6.45. The number of amides is 1. The maximum Gasteiger partial charge on any atom is 0.528 e. The van der Waals surface area contributed by atoms with Gasteiger partial charge in [-0.05, 0) is 35.8 Å². The largest absolute Gasteiger partial charge is 0.528 e. The van der Waals surface area contributed by atoms with Crippen molar-refractivity contribution in [1.29, 1.82) is 0 Å². The zero-order valence-electron chi connectivity index (χ0n) is 13.0. The fourth-order valence-electron chi connectivity index (χ4n) is 2.86. The fraction of sp³-hybridized carbons (Fsp3) is 0.438. The van der Waals surface area contributed by atoms with Crippen LogP contribution in [0.5, 0.6) is 5.75 Å². The molecule has 0 radical (unpaired) electrons. The average Bonchev–Trinajstić information content (AvgIpc) is 2.84. The Balaban J connectivity index is 2.02. The maximum absolute atomic E-state index is 13.8. The highest BCUT2D eigenvalue weighted by molar-refractivity contribution is 9.10. The number of likely N-dealkylation sites (N-methyl/N-ethyl adjacent to an activating group) is 1. The van der Waals surface area contributed by atoms with Crippen LogP contribution in [0.2, 0.25) is 0 Å². The van der Waals surface area contributed by atoms with E-state index in [-0.39, 0.29) is 15.8 Å². The lowest BCUT2D eigenvalue weighted by Crippen LogP contribution is -2.45. The first-order valence-electron chi connectivity index (χ1n) is 7.59. The van der Waals surface area contributed by atoms with Crippen LogP contribution in [0.1, 0.15) is 25.8 Å². The van der Waals surface area contributed by atoms with Crippen LogP contribution >= 0.6 is 27.9 Å². The van der Waals surface area contributed by atoms with Crippen LogP contribution in [0.25, 0.3) is 5.57 Å². The molecule has 0 N–H and O–H groups in total. The summed E-state index contributed by atoms with van der Waals surface area (Å²) in [6.07, 6.45) is 0.490. The molecule has 1 aromatic rings. The van der Waals surface area contributed by atoms with Gasteiger partial charge in [0.05, 0.1) is 29.1 Å². The number of hydrogen-bond donors (Lipinski definition) is 0. The van der Waals surface area contributed by atoms with Crippen molar-refractivity contribution in [3.8, 4) is 5.75 Å². The summed E-state index contributed by atoms with van der Waals surface area (Å²) in [5, 5.41) is 0. The van der Waals surface area contributed by atoms with E-state index in [9.17, 15) is 9.18 Å².